The molecule has 12 heteroatoms. The SMILES string of the molecule is NC(=O)[C@H](Cc1ccccc1)NC(=O)[C@@H]1Cc2ccccc2CN1C(=O)[C@H](CCCN=C(N)N)NC(=O)[C@@H](N)C1CCCCC1. The molecule has 0 unspecified atom stereocenters. The second kappa shape index (κ2) is 16.0. The predicted molar refractivity (Wildman–Crippen MR) is 172 cm³/mol. The van der Waals surface area contributed by atoms with E-state index < -0.39 is 47.8 Å². The molecule has 1 aliphatic heterocycles. The van der Waals surface area contributed by atoms with Gasteiger partial charge in [0.25, 0.3) is 0 Å². The fourth-order valence-electron chi connectivity index (χ4n) is 6.27. The van der Waals surface area contributed by atoms with Gasteiger partial charge in [0.15, 0.2) is 5.96 Å². The molecule has 12 nitrogen and oxygen atoms in total. The average molecular weight is 619 g/mol. The average Bonchev–Trinajstić information content (AvgIpc) is 3.05. The summed E-state index contributed by atoms with van der Waals surface area (Å²) in [5, 5.41) is 5.70. The minimum absolute atomic E-state index is 0.0480. The van der Waals surface area contributed by atoms with Gasteiger partial charge in [0.2, 0.25) is 23.6 Å². The lowest BCUT2D eigenvalue weighted by atomic mass is 9.84. The Hall–Kier alpha value is -4.45. The Morgan fingerprint density at radius 1 is 0.867 bits per heavy atom. The highest BCUT2D eigenvalue weighted by Gasteiger charge is 2.39. The number of carbonyl (C=O) groups is 4. The molecule has 0 spiro atoms. The van der Waals surface area contributed by atoms with Gasteiger partial charge in [0, 0.05) is 25.9 Å². The Morgan fingerprint density at radius 2 is 1.53 bits per heavy atom. The number of rotatable bonds is 13. The van der Waals surface area contributed by atoms with Gasteiger partial charge in [-0.1, -0.05) is 73.9 Å². The number of nitrogens with two attached hydrogens (primary N) is 4. The molecular weight excluding hydrogens is 572 g/mol. The summed E-state index contributed by atoms with van der Waals surface area (Å²) in [6.45, 7) is 0.422. The fraction of sp³-hybridized carbons (Fsp3) is 0.485. The molecule has 4 amide bonds. The van der Waals surface area contributed by atoms with Gasteiger partial charge < -0.3 is 38.5 Å². The Balaban J connectivity index is 1.57. The van der Waals surface area contributed by atoms with Crippen LogP contribution in [-0.2, 0) is 38.6 Å². The van der Waals surface area contributed by atoms with E-state index in [0.717, 1.165) is 48.8 Å². The van der Waals surface area contributed by atoms with E-state index in [9.17, 15) is 19.2 Å². The van der Waals surface area contributed by atoms with E-state index in [0.29, 0.717) is 6.42 Å². The number of amides is 4. The maximum Gasteiger partial charge on any atom is 0.246 e. The van der Waals surface area contributed by atoms with Gasteiger partial charge in [0.1, 0.15) is 18.1 Å². The maximum absolute atomic E-state index is 14.3. The minimum Gasteiger partial charge on any atom is -0.370 e. The molecule has 4 rings (SSSR count). The molecule has 4 atom stereocenters. The Morgan fingerprint density at radius 3 is 2.20 bits per heavy atom. The largest absolute Gasteiger partial charge is 0.370 e. The van der Waals surface area contributed by atoms with Crippen molar-refractivity contribution in [1.29, 1.82) is 0 Å². The Kier molecular flexibility index (Phi) is 11.9. The molecule has 45 heavy (non-hydrogen) atoms. The molecule has 2 aromatic rings. The first kappa shape index (κ1) is 33.4. The summed E-state index contributed by atoms with van der Waals surface area (Å²) < 4.78 is 0. The third-order valence-corrected chi connectivity index (χ3v) is 8.80. The van der Waals surface area contributed by atoms with Crippen LogP contribution in [0.25, 0.3) is 0 Å². The lowest BCUT2D eigenvalue weighted by Gasteiger charge is -2.39. The smallest absolute Gasteiger partial charge is 0.246 e. The molecule has 242 valence electrons. The number of guanidine groups is 1. The molecule has 1 heterocycles. The number of fused-ring (bicyclic) bond motifs is 1. The van der Waals surface area contributed by atoms with Crippen LogP contribution in [0.3, 0.4) is 0 Å². The highest BCUT2D eigenvalue weighted by molar-refractivity contribution is 5.95. The zero-order valence-corrected chi connectivity index (χ0v) is 25.7. The maximum atomic E-state index is 14.3. The Labute approximate surface area is 264 Å². The molecule has 1 aliphatic carbocycles. The fourth-order valence-corrected chi connectivity index (χ4v) is 6.27. The van der Waals surface area contributed by atoms with Gasteiger partial charge in [-0.2, -0.15) is 0 Å². The monoisotopic (exact) mass is 618 g/mol. The van der Waals surface area contributed by atoms with Crippen LogP contribution in [0.4, 0.5) is 0 Å². The molecule has 0 radical (unpaired) electrons. The van der Waals surface area contributed by atoms with Crippen LogP contribution in [0.2, 0.25) is 0 Å². The van der Waals surface area contributed by atoms with Crippen molar-refractivity contribution in [2.45, 2.75) is 88.5 Å². The second-order valence-electron chi connectivity index (χ2n) is 12.0. The van der Waals surface area contributed by atoms with Crippen LogP contribution in [0.1, 0.15) is 61.6 Å². The lowest BCUT2D eigenvalue weighted by Crippen LogP contribution is -2.61. The molecule has 0 saturated heterocycles. The third-order valence-electron chi connectivity index (χ3n) is 8.80. The normalized spacial score (nSPS) is 18.5. The van der Waals surface area contributed by atoms with Crippen molar-refractivity contribution in [3.63, 3.8) is 0 Å². The van der Waals surface area contributed by atoms with E-state index in [1.165, 1.54) is 4.90 Å². The van der Waals surface area contributed by atoms with Gasteiger partial charge in [-0.15, -0.1) is 0 Å². The topological polar surface area (TPSA) is 212 Å². The summed E-state index contributed by atoms with van der Waals surface area (Å²) in [5.74, 6) is -2.00. The first-order valence-electron chi connectivity index (χ1n) is 15.8. The van der Waals surface area contributed by atoms with Crippen molar-refractivity contribution in [2.24, 2.45) is 33.8 Å². The van der Waals surface area contributed by atoms with E-state index in [1.807, 2.05) is 54.6 Å². The summed E-state index contributed by atoms with van der Waals surface area (Å²) in [7, 11) is 0. The zero-order valence-electron chi connectivity index (χ0n) is 25.7. The molecule has 1 fully saturated rings. The van der Waals surface area contributed by atoms with Crippen molar-refractivity contribution >= 4 is 29.6 Å². The summed E-state index contributed by atoms with van der Waals surface area (Å²) in [4.78, 5) is 59.4. The predicted octanol–water partition coefficient (Wildman–Crippen LogP) is 0.599. The van der Waals surface area contributed by atoms with E-state index in [1.54, 1.807) is 0 Å². The molecule has 2 aliphatic rings. The van der Waals surface area contributed by atoms with Crippen LogP contribution in [0.15, 0.2) is 59.6 Å². The van der Waals surface area contributed by atoms with Crippen LogP contribution in [0, 0.1) is 5.92 Å². The molecule has 0 bridgehead atoms. The van der Waals surface area contributed by atoms with Gasteiger partial charge in [-0.05, 0) is 48.3 Å². The van der Waals surface area contributed by atoms with E-state index in [4.69, 9.17) is 22.9 Å². The molecule has 1 saturated carbocycles. The van der Waals surface area contributed by atoms with Gasteiger partial charge in [-0.3, -0.25) is 24.2 Å². The van der Waals surface area contributed by atoms with Gasteiger partial charge in [0.05, 0.1) is 6.04 Å². The van der Waals surface area contributed by atoms with Crippen molar-refractivity contribution in [3.05, 3.63) is 71.3 Å². The number of hydrogen-bond acceptors (Lipinski definition) is 6. The van der Waals surface area contributed by atoms with Crippen LogP contribution in [-0.4, -0.2) is 65.2 Å². The standard InChI is InChI=1S/C33H46N8O4/c34-28(22-12-5-2-6-13-22)31(44)39-25(16-9-17-38-33(36)37)32(45)41-20-24-15-8-7-14-23(24)19-27(41)30(43)40-26(29(35)42)18-21-10-3-1-4-11-21/h1,3-4,7-8,10-11,14-15,22,25-28H,2,5-6,9,12-13,16-20,34H2,(H2,35,42)(H,39,44)(H,40,43)(H4,36,37,38)/t25-,26-,27-,28-/m0/s1. The Bertz CT molecular complexity index is 1360. The molecule has 2 aromatic carbocycles. The number of nitrogens with zero attached hydrogens (tertiary/aromatic N) is 2. The zero-order chi connectivity index (χ0) is 32.3. The number of aliphatic imine (C=N–C) groups is 1. The second-order valence-corrected chi connectivity index (χ2v) is 12.0. The number of hydrogen-bond donors (Lipinski definition) is 6. The third kappa shape index (κ3) is 9.27. The van der Waals surface area contributed by atoms with Crippen molar-refractivity contribution in [3.8, 4) is 0 Å². The quantitative estimate of drug-likeness (QED) is 0.107. The van der Waals surface area contributed by atoms with Crippen LogP contribution < -0.4 is 33.6 Å². The highest BCUT2D eigenvalue weighted by atomic mass is 16.2. The number of nitrogens with one attached hydrogen (secondary N) is 2. The molecule has 0 aromatic heterocycles. The molecular formula is C33H46N8O4. The van der Waals surface area contributed by atoms with E-state index in [-0.39, 0.29) is 44.2 Å². The van der Waals surface area contributed by atoms with E-state index in [2.05, 4.69) is 15.6 Å². The lowest BCUT2D eigenvalue weighted by molar-refractivity contribution is -0.145. The van der Waals surface area contributed by atoms with Crippen molar-refractivity contribution in [1.82, 2.24) is 15.5 Å². The minimum atomic E-state index is -0.974. The highest BCUT2D eigenvalue weighted by Crippen LogP contribution is 2.27. The van der Waals surface area contributed by atoms with E-state index >= 15 is 0 Å². The van der Waals surface area contributed by atoms with Crippen LogP contribution >= 0.6 is 0 Å². The van der Waals surface area contributed by atoms with Crippen LogP contribution in [0.5, 0.6) is 0 Å². The van der Waals surface area contributed by atoms with Gasteiger partial charge >= 0.3 is 0 Å². The van der Waals surface area contributed by atoms with Crippen molar-refractivity contribution in [2.75, 3.05) is 6.54 Å². The summed E-state index contributed by atoms with van der Waals surface area (Å²) in [6.07, 6.45) is 6.00. The number of primary amides is 1. The molecule has 10 N–H and O–H groups in total. The number of carbonyl (C=O) groups excluding carboxylic acids is 4. The first-order chi connectivity index (χ1) is 21.6. The number of benzene rings is 2. The summed E-state index contributed by atoms with van der Waals surface area (Å²) in [5.41, 5.74) is 25.7. The summed E-state index contributed by atoms with van der Waals surface area (Å²) in [6, 6.07) is 13.2. The van der Waals surface area contributed by atoms with Gasteiger partial charge in [-0.25, -0.2) is 0 Å². The summed E-state index contributed by atoms with van der Waals surface area (Å²) >= 11 is 0. The first-order valence-corrected chi connectivity index (χ1v) is 15.8. The van der Waals surface area contributed by atoms with Crippen molar-refractivity contribution < 1.29 is 19.2 Å².